The van der Waals surface area contributed by atoms with Gasteiger partial charge in [0.05, 0.1) is 16.5 Å². The molecule has 0 aromatic heterocycles. The minimum absolute atomic E-state index is 0.0683. The highest BCUT2D eigenvalue weighted by Gasteiger charge is 2.28. The number of nitrogens with zero attached hydrogens (tertiary/aromatic N) is 1. The van der Waals surface area contributed by atoms with Gasteiger partial charge in [-0.2, -0.15) is 0 Å². The molecule has 8 nitrogen and oxygen atoms in total. The van der Waals surface area contributed by atoms with Crippen LogP contribution in [0.2, 0.25) is 0 Å². The van der Waals surface area contributed by atoms with Crippen molar-refractivity contribution in [3.8, 4) is 0 Å². The molecule has 2 aromatic carbocycles. The summed E-state index contributed by atoms with van der Waals surface area (Å²) in [5, 5.41) is 5.43. The van der Waals surface area contributed by atoms with E-state index in [2.05, 4.69) is 15.4 Å². The van der Waals surface area contributed by atoms with Crippen LogP contribution < -0.4 is 15.4 Å². The minimum Gasteiger partial charge on any atom is -0.359 e. The van der Waals surface area contributed by atoms with E-state index in [4.69, 9.17) is 0 Å². The number of urea groups is 1. The topological polar surface area (TPSA) is 108 Å². The predicted octanol–water partition coefficient (Wildman–Crippen LogP) is 3.04. The number of carbonyl (C=O) groups excluding carboxylic acids is 2. The Labute approximate surface area is 183 Å². The number of hydrogen-bond donors (Lipinski definition) is 3. The molecule has 0 radical (unpaired) electrons. The van der Waals surface area contributed by atoms with Crippen molar-refractivity contribution in [2.24, 2.45) is 5.92 Å². The summed E-state index contributed by atoms with van der Waals surface area (Å²) in [6, 6.07) is 13.1. The standard InChI is InChI=1S/C22H28N4O4S/c1-3-16-8-4-5-12-20(16)31(29,30)25-19-11-6-10-18(14-19)24-22(28)26-13-7-9-17(15-26)21(27)23-2/h4-6,8,10-12,14,17,25H,3,7,9,13,15H2,1-2H3,(H,23,27)(H,24,28). The van der Waals surface area contributed by atoms with Crippen LogP contribution in [0.1, 0.15) is 25.3 Å². The number of piperidine rings is 1. The SMILES string of the molecule is CCc1ccccc1S(=O)(=O)Nc1cccc(NC(=O)N2CCCC(C(=O)NC)C2)c1. The first-order chi connectivity index (χ1) is 14.8. The van der Waals surface area contributed by atoms with Crippen LogP contribution in [-0.4, -0.2) is 45.4 Å². The van der Waals surface area contributed by atoms with E-state index < -0.39 is 10.0 Å². The molecule has 1 saturated heterocycles. The number of aryl methyl sites for hydroxylation is 1. The van der Waals surface area contributed by atoms with Crippen LogP contribution in [0.15, 0.2) is 53.4 Å². The lowest BCUT2D eigenvalue weighted by Crippen LogP contribution is -2.46. The Balaban J connectivity index is 1.70. The van der Waals surface area contributed by atoms with Gasteiger partial charge in [-0.25, -0.2) is 13.2 Å². The van der Waals surface area contributed by atoms with Crippen LogP contribution in [0, 0.1) is 5.92 Å². The molecule has 166 valence electrons. The lowest BCUT2D eigenvalue weighted by atomic mass is 9.97. The van der Waals surface area contributed by atoms with Gasteiger partial charge in [0.25, 0.3) is 10.0 Å². The van der Waals surface area contributed by atoms with E-state index in [0.29, 0.717) is 30.9 Å². The van der Waals surface area contributed by atoms with Gasteiger partial charge in [0.1, 0.15) is 0 Å². The second-order valence-electron chi connectivity index (χ2n) is 7.48. The van der Waals surface area contributed by atoms with Crippen LogP contribution in [0.25, 0.3) is 0 Å². The Morgan fingerprint density at radius 1 is 1.10 bits per heavy atom. The Kier molecular flexibility index (Phi) is 7.17. The van der Waals surface area contributed by atoms with Gasteiger partial charge in [0.2, 0.25) is 5.91 Å². The molecule has 1 atom stereocenters. The van der Waals surface area contributed by atoms with Gasteiger partial charge in [0, 0.05) is 25.8 Å². The first-order valence-corrected chi connectivity index (χ1v) is 11.8. The number of amides is 3. The number of carbonyl (C=O) groups is 2. The van der Waals surface area contributed by atoms with Gasteiger partial charge in [-0.15, -0.1) is 0 Å². The largest absolute Gasteiger partial charge is 0.359 e. The third-order valence-electron chi connectivity index (χ3n) is 5.33. The average molecular weight is 445 g/mol. The van der Waals surface area contributed by atoms with Crippen molar-refractivity contribution >= 4 is 33.3 Å². The lowest BCUT2D eigenvalue weighted by Gasteiger charge is -2.31. The number of rotatable bonds is 6. The smallest absolute Gasteiger partial charge is 0.321 e. The van der Waals surface area contributed by atoms with E-state index in [1.165, 1.54) is 0 Å². The first kappa shape index (κ1) is 22.6. The van der Waals surface area contributed by atoms with Crippen LogP contribution in [-0.2, 0) is 21.2 Å². The monoisotopic (exact) mass is 444 g/mol. The van der Waals surface area contributed by atoms with E-state index in [1.807, 2.05) is 13.0 Å². The van der Waals surface area contributed by atoms with Gasteiger partial charge in [0.15, 0.2) is 0 Å². The maximum Gasteiger partial charge on any atom is 0.321 e. The molecule has 1 aliphatic heterocycles. The third kappa shape index (κ3) is 5.55. The normalized spacial score (nSPS) is 16.5. The van der Waals surface area contributed by atoms with E-state index in [0.717, 1.165) is 18.4 Å². The molecule has 1 fully saturated rings. The molecule has 1 unspecified atom stereocenters. The molecule has 0 saturated carbocycles. The molecule has 1 aliphatic rings. The molecule has 3 amide bonds. The molecule has 3 rings (SSSR count). The van der Waals surface area contributed by atoms with Crippen molar-refractivity contribution < 1.29 is 18.0 Å². The van der Waals surface area contributed by atoms with Gasteiger partial charge < -0.3 is 15.5 Å². The zero-order valence-corrected chi connectivity index (χ0v) is 18.5. The van der Waals surface area contributed by atoms with Crippen LogP contribution in [0.5, 0.6) is 0 Å². The molecule has 0 aliphatic carbocycles. The summed E-state index contributed by atoms with van der Waals surface area (Å²) >= 11 is 0. The van der Waals surface area contributed by atoms with E-state index in [9.17, 15) is 18.0 Å². The first-order valence-electron chi connectivity index (χ1n) is 10.3. The van der Waals surface area contributed by atoms with Crippen molar-refractivity contribution in [2.45, 2.75) is 31.1 Å². The van der Waals surface area contributed by atoms with Gasteiger partial charge in [-0.1, -0.05) is 31.2 Å². The Bertz CT molecular complexity index is 1050. The molecule has 31 heavy (non-hydrogen) atoms. The van der Waals surface area contributed by atoms with E-state index >= 15 is 0 Å². The maximum absolute atomic E-state index is 12.8. The third-order valence-corrected chi connectivity index (χ3v) is 6.82. The van der Waals surface area contributed by atoms with Crippen molar-refractivity contribution in [1.82, 2.24) is 10.2 Å². The summed E-state index contributed by atoms with van der Waals surface area (Å²) in [4.78, 5) is 26.4. The minimum atomic E-state index is -3.76. The van der Waals surface area contributed by atoms with Crippen LogP contribution in [0.4, 0.5) is 16.2 Å². The zero-order chi connectivity index (χ0) is 22.4. The van der Waals surface area contributed by atoms with E-state index in [1.54, 1.807) is 54.4 Å². The van der Waals surface area contributed by atoms with Crippen LogP contribution >= 0.6 is 0 Å². The van der Waals surface area contributed by atoms with Crippen LogP contribution in [0.3, 0.4) is 0 Å². The number of sulfonamides is 1. The number of benzene rings is 2. The molecular weight excluding hydrogens is 416 g/mol. The quantitative estimate of drug-likeness (QED) is 0.636. The Morgan fingerprint density at radius 3 is 2.58 bits per heavy atom. The van der Waals surface area contributed by atoms with Crippen molar-refractivity contribution in [1.29, 1.82) is 0 Å². The highest BCUT2D eigenvalue weighted by Crippen LogP contribution is 2.23. The van der Waals surface area contributed by atoms with E-state index in [-0.39, 0.29) is 22.8 Å². The molecule has 0 spiro atoms. The predicted molar refractivity (Wildman–Crippen MR) is 120 cm³/mol. The highest BCUT2D eigenvalue weighted by molar-refractivity contribution is 7.92. The second-order valence-corrected chi connectivity index (χ2v) is 9.13. The molecule has 9 heteroatoms. The fourth-order valence-electron chi connectivity index (χ4n) is 3.71. The molecule has 0 bridgehead atoms. The Morgan fingerprint density at radius 2 is 1.84 bits per heavy atom. The number of nitrogens with one attached hydrogen (secondary N) is 3. The van der Waals surface area contributed by atoms with Crippen molar-refractivity contribution in [2.75, 3.05) is 30.2 Å². The fraction of sp³-hybridized carbons (Fsp3) is 0.364. The maximum atomic E-state index is 12.8. The van der Waals surface area contributed by atoms with Gasteiger partial charge in [-0.3, -0.25) is 9.52 Å². The second kappa shape index (κ2) is 9.82. The van der Waals surface area contributed by atoms with Crippen molar-refractivity contribution in [3.05, 3.63) is 54.1 Å². The number of likely N-dealkylation sites (tertiary alicyclic amines) is 1. The summed E-state index contributed by atoms with van der Waals surface area (Å²) in [5.41, 5.74) is 1.55. The number of anilines is 2. The average Bonchev–Trinajstić information content (AvgIpc) is 2.78. The van der Waals surface area contributed by atoms with Gasteiger partial charge >= 0.3 is 6.03 Å². The fourth-order valence-corrected chi connectivity index (χ4v) is 5.07. The summed E-state index contributed by atoms with van der Waals surface area (Å²) in [7, 11) is -2.17. The highest BCUT2D eigenvalue weighted by atomic mass is 32.2. The summed E-state index contributed by atoms with van der Waals surface area (Å²) < 4.78 is 28.3. The molecule has 2 aromatic rings. The lowest BCUT2D eigenvalue weighted by molar-refractivity contribution is -0.125. The Hall–Kier alpha value is -3.07. The molecule has 3 N–H and O–H groups in total. The summed E-state index contributed by atoms with van der Waals surface area (Å²) in [5.74, 6) is -0.289. The number of hydrogen-bond acceptors (Lipinski definition) is 4. The molecule has 1 heterocycles. The zero-order valence-electron chi connectivity index (χ0n) is 17.7. The summed E-state index contributed by atoms with van der Waals surface area (Å²) in [6.45, 7) is 2.82. The molecular formula is C22H28N4O4S. The van der Waals surface area contributed by atoms with Gasteiger partial charge in [-0.05, 0) is 49.1 Å². The van der Waals surface area contributed by atoms with Crippen molar-refractivity contribution in [3.63, 3.8) is 0 Å². The summed E-state index contributed by atoms with van der Waals surface area (Å²) in [6.07, 6.45) is 2.10.